The molecule has 0 aromatic rings. The lowest BCUT2D eigenvalue weighted by Crippen LogP contribution is -2.42. The first-order valence-corrected chi connectivity index (χ1v) is 39.2. The molecule has 16 rings (SSSR count). The molecule has 16 aliphatic rings. The zero-order valence-corrected chi connectivity index (χ0v) is 63.5. The molecule has 8 heteroatoms. The molecule has 12 saturated carbocycles. The van der Waals surface area contributed by atoms with Crippen LogP contribution in [0.25, 0.3) is 0 Å². The first-order valence-electron chi connectivity index (χ1n) is 39.2. The van der Waals surface area contributed by atoms with Crippen molar-refractivity contribution in [1.82, 2.24) is 0 Å². The summed E-state index contributed by atoms with van der Waals surface area (Å²) in [5, 5.41) is 39.6. The summed E-state index contributed by atoms with van der Waals surface area (Å²) >= 11 is 0. The van der Waals surface area contributed by atoms with Crippen molar-refractivity contribution in [1.29, 1.82) is 0 Å². The molecule has 100 heavy (non-hydrogen) atoms. The number of hydrogen-bond acceptors (Lipinski definition) is 8. The predicted octanol–water partition coefficient (Wildman–Crippen LogP) is 17.6. The van der Waals surface area contributed by atoms with E-state index in [1.54, 1.807) is 0 Å². The minimum Gasteiger partial charge on any atom is -0.380 e. The van der Waals surface area contributed by atoms with Gasteiger partial charge in [0.15, 0.2) is 0 Å². The molecule has 12 fully saturated rings. The van der Waals surface area contributed by atoms with Gasteiger partial charge in [-0.15, -0.1) is 25.7 Å². The van der Waals surface area contributed by atoms with Crippen molar-refractivity contribution in [2.24, 2.45) is 162 Å². The van der Waals surface area contributed by atoms with Crippen molar-refractivity contribution in [3.63, 3.8) is 0 Å². The molecule has 0 aromatic heterocycles. The van der Waals surface area contributed by atoms with Gasteiger partial charge in [-0.05, 0) is 235 Å². The summed E-state index contributed by atoms with van der Waals surface area (Å²) in [7, 11) is 0. The Hall–Kier alpha value is -5.32. The summed E-state index contributed by atoms with van der Waals surface area (Å²) in [5.74, 6) is 22.1. The number of rotatable bonds is 12. The van der Waals surface area contributed by atoms with Gasteiger partial charge >= 0.3 is 0 Å². The van der Waals surface area contributed by atoms with Crippen molar-refractivity contribution in [2.45, 2.75) is 236 Å². The Balaban J connectivity index is 0.000000133. The van der Waals surface area contributed by atoms with E-state index in [1.807, 2.05) is 20.8 Å². The second-order valence-electron chi connectivity index (χ2n) is 35.9. The quantitative estimate of drug-likeness (QED) is 0.0857. The van der Waals surface area contributed by atoms with Crippen LogP contribution < -0.4 is 0 Å². The smallest absolute Gasteiger partial charge is 0.130 e. The van der Waals surface area contributed by atoms with E-state index < -0.39 is 24.4 Å². The second-order valence-corrected chi connectivity index (χ2v) is 35.9. The van der Waals surface area contributed by atoms with Gasteiger partial charge in [0.05, 0.1) is 5.41 Å². The molecule has 0 aromatic carbocycles. The molecule has 4 unspecified atom stereocenters. The Morgan fingerprint density at radius 1 is 0.390 bits per heavy atom. The van der Waals surface area contributed by atoms with E-state index in [9.17, 15) is 39.6 Å². The average Bonchev–Trinajstić information content (AvgIpc) is 1.59. The first kappa shape index (κ1) is 78.8. The van der Waals surface area contributed by atoms with Crippen LogP contribution in [0.2, 0.25) is 0 Å². The van der Waals surface area contributed by atoms with Gasteiger partial charge in [0, 0.05) is 37.9 Å². The summed E-state index contributed by atoms with van der Waals surface area (Å²) in [6.45, 7) is 41.8. The van der Waals surface area contributed by atoms with Crippen LogP contribution in [0.5, 0.6) is 0 Å². The standard InChI is InChI=1S/C13H20O.C13H18O.C12H16O.C12H14O.C11H18O.C11H16O.C10H14O.C10H12O/c2*1-4-11-9-6-7-10(8-9)13(11,3)12(14)5-2;2*1-4-11(13)12(3)8(2)9-5-6-10(12)7-9;2*1-3-10-8-4-5-9(6-8)11(10,2)7-12;2*1-7-8-3-4-9(5-8)10(7,2)6-11/h2,9-12,14H,4,6-8H2,1,3H3;2,6-7,9-12,14H,4,8H2,1,3H3;1,9-11,13H,2,5-7H2,3H3;1,5-6,9-11,13H,2,7H2,3H3;7-10H,3-6H2,1-2H3;4-5,7-10H,3,6H2,1-2H3;6,8-9H,1,3-5H2,2H3;3-4,6,8-9H,1,5H2,2H3/t2*9-,10+,11-,12?,13-;2*9-,10+,11?,12+;2*8-,9+,10-,11-;2*8-,9+,10+/m11111111/s1. The van der Waals surface area contributed by atoms with Crippen LogP contribution in [0.4, 0.5) is 0 Å². The molecule has 0 saturated heterocycles. The molecule has 8 nitrogen and oxygen atoms in total. The maximum absolute atomic E-state index is 11.1. The van der Waals surface area contributed by atoms with E-state index in [2.05, 4.69) is 161 Å². The Labute approximate surface area is 605 Å². The van der Waals surface area contributed by atoms with E-state index in [0.717, 1.165) is 67.7 Å². The van der Waals surface area contributed by atoms with Crippen molar-refractivity contribution in [3.8, 4) is 49.4 Å². The van der Waals surface area contributed by atoms with E-state index in [0.29, 0.717) is 107 Å². The zero-order valence-electron chi connectivity index (χ0n) is 63.5. The lowest BCUT2D eigenvalue weighted by molar-refractivity contribution is -0.121. The minimum absolute atomic E-state index is 0.00637. The topological polar surface area (TPSA) is 149 Å². The normalized spacial score (nSPS) is 47.3. The number of hydrogen-bond donors (Lipinski definition) is 4. The number of aldehydes is 4. The second kappa shape index (κ2) is 30.4. The highest BCUT2D eigenvalue weighted by molar-refractivity contribution is 5.69. The third kappa shape index (κ3) is 12.8. The summed E-state index contributed by atoms with van der Waals surface area (Å²) in [5.41, 5.74) is 3.62. The van der Waals surface area contributed by atoms with Gasteiger partial charge < -0.3 is 39.6 Å². The highest BCUT2D eigenvalue weighted by Gasteiger charge is 2.60. The molecule has 32 atom stereocenters. The first-order chi connectivity index (χ1) is 47.3. The fourth-order valence-corrected chi connectivity index (χ4v) is 25.2. The SMILES string of the molecule is C#CC(O)[C@@]1(C)C(=C)[C@@H]2C=C[C@H]1C2.C#CC(O)[C@@]1(C)C(=C)[C@@H]2CC[C@H]1C2.C#CC(O)[C@@]1(C)[C@H](CC)[C@@H]2C=C[C@H]1C2.C#CC(O)[C@]1(C)[C@H]2CC[C@H](C2)[C@H]1CC.C=C1[C@@H]2C=C[C@@H](C2)[C@@]1(C)C=O.C=C1[C@@H]2CC[C@@H](C2)[C@@]1(C)C=O.CC[C@@H]1[C@@H]2C=C[C@@H](C2)[C@@]1(C)C=O.CC[C@@H]1[C@@H]2CC[C@@H](C2)[C@@]1(C)C=O. The molecular weight excluding hydrogens is 1230 g/mol. The third-order valence-corrected chi connectivity index (χ3v) is 32.5. The number of fused-ring (bicyclic) bond motifs is 16. The monoisotopic (exact) mass is 1360 g/mol. The van der Waals surface area contributed by atoms with E-state index in [4.69, 9.17) is 25.7 Å². The van der Waals surface area contributed by atoms with Gasteiger partial charge in [0.2, 0.25) is 0 Å². The molecule has 16 aliphatic carbocycles. The van der Waals surface area contributed by atoms with Gasteiger partial charge in [-0.1, -0.05) is 216 Å². The number of allylic oxidation sites excluding steroid dienone is 10. The van der Waals surface area contributed by atoms with Crippen LogP contribution in [-0.2, 0) is 19.2 Å². The largest absolute Gasteiger partial charge is 0.380 e. The fraction of sp³-hybridized carbons (Fsp3) is 0.696. The Morgan fingerprint density at radius 2 is 0.830 bits per heavy atom. The maximum Gasteiger partial charge on any atom is 0.130 e. The number of aliphatic hydroxyl groups excluding tert-OH is 4. The molecule has 4 N–H and O–H groups in total. The molecule has 0 heterocycles. The number of carbonyl (C=O) groups excluding carboxylic acids is 4. The van der Waals surface area contributed by atoms with Crippen LogP contribution in [0.3, 0.4) is 0 Å². The van der Waals surface area contributed by atoms with Gasteiger partial charge in [-0.2, -0.15) is 0 Å². The molecule has 0 spiro atoms. The predicted molar refractivity (Wildman–Crippen MR) is 406 cm³/mol. The number of aliphatic hydroxyl groups is 4. The fourth-order valence-electron chi connectivity index (χ4n) is 25.2. The number of carbonyl (C=O) groups is 4. The van der Waals surface area contributed by atoms with Crippen LogP contribution in [-0.4, -0.2) is 70.0 Å². The molecule has 0 amide bonds. The molecule has 544 valence electrons. The van der Waals surface area contributed by atoms with Crippen molar-refractivity contribution in [3.05, 3.63) is 97.2 Å². The van der Waals surface area contributed by atoms with Crippen LogP contribution >= 0.6 is 0 Å². The lowest BCUT2D eigenvalue weighted by atomic mass is 9.63. The van der Waals surface area contributed by atoms with Crippen molar-refractivity contribution >= 4 is 25.1 Å². The Kier molecular flexibility index (Phi) is 24.0. The average molecular weight is 1360 g/mol. The van der Waals surface area contributed by atoms with E-state index in [-0.39, 0.29) is 43.3 Å². The Morgan fingerprint density at radius 3 is 1.27 bits per heavy atom. The lowest BCUT2D eigenvalue weighted by Gasteiger charge is -2.42. The molecule has 16 bridgehead atoms. The van der Waals surface area contributed by atoms with Gasteiger partial charge in [-0.3, -0.25) is 0 Å². The number of terminal acetylenes is 4. The highest BCUT2D eigenvalue weighted by Crippen LogP contribution is 2.65. The van der Waals surface area contributed by atoms with Crippen LogP contribution in [0.1, 0.15) is 212 Å². The highest BCUT2D eigenvalue weighted by atomic mass is 16.3. The van der Waals surface area contributed by atoms with Crippen LogP contribution in [0, 0.1) is 211 Å². The summed E-state index contributed by atoms with van der Waals surface area (Å²) in [6.07, 6.45) is 65.7. The molecule has 0 radical (unpaired) electrons. The van der Waals surface area contributed by atoms with E-state index >= 15 is 0 Å². The Bertz CT molecular complexity index is 3390. The molecule has 0 aliphatic heterocycles. The van der Waals surface area contributed by atoms with Gasteiger partial charge in [0.1, 0.15) is 49.6 Å². The molecular formula is C92H128O8. The van der Waals surface area contributed by atoms with Crippen molar-refractivity contribution in [2.75, 3.05) is 0 Å². The van der Waals surface area contributed by atoms with Crippen molar-refractivity contribution < 1.29 is 39.6 Å². The summed E-state index contributed by atoms with van der Waals surface area (Å²) in [6, 6.07) is 0. The van der Waals surface area contributed by atoms with Crippen LogP contribution in [0.15, 0.2) is 97.2 Å². The maximum atomic E-state index is 11.1. The summed E-state index contributed by atoms with van der Waals surface area (Å²) in [4.78, 5) is 43.8. The van der Waals surface area contributed by atoms with Gasteiger partial charge in [0.25, 0.3) is 0 Å². The van der Waals surface area contributed by atoms with E-state index in [1.165, 1.54) is 120 Å². The minimum atomic E-state index is -0.694. The zero-order chi connectivity index (χ0) is 73.6. The third-order valence-electron chi connectivity index (χ3n) is 32.5. The van der Waals surface area contributed by atoms with Gasteiger partial charge in [-0.25, -0.2) is 0 Å². The summed E-state index contributed by atoms with van der Waals surface area (Å²) < 4.78 is 0.